The molecule has 1 aromatic heterocycles. The molecule has 1 heterocycles. The molecule has 0 aliphatic rings. The van der Waals surface area contributed by atoms with E-state index in [1.54, 1.807) is 26.4 Å². The highest BCUT2D eigenvalue weighted by Gasteiger charge is 2.09. The number of anilines is 1. The number of halogens is 2. The Morgan fingerprint density at radius 3 is 2.55 bits per heavy atom. The van der Waals surface area contributed by atoms with Gasteiger partial charge in [-0.05, 0) is 28.1 Å². The summed E-state index contributed by atoms with van der Waals surface area (Å²) in [5.41, 5.74) is 1.68. The van der Waals surface area contributed by atoms with Crippen LogP contribution in [0.2, 0.25) is 5.02 Å². The molecule has 0 aliphatic carbocycles. The largest absolute Gasteiger partial charge is 0.493 e. The van der Waals surface area contributed by atoms with Crippen molar-refractivity contribution in [2.75, 3.05) is 19.5 Å². The molecule has 0 saturated heterocycles. The van der Waals surface area contributed by atoms with Crippen LogP contribution in [-0.4, -0.2) is 19.2 Å². The zero-order chi connectivity index (χ0) is 14.5. The third-order valence-electron chi connectivity index (χ3n) is 2.71. The fraction of sp³-hybridized carbons (Fsp3) is 0.214. The molecule has 1 aromatic carbocycles. The van der Waals surface area contributed by atoms with Gasteiger partial charge in [-0.2, -0.15) is 0 Å². The lowest BCUT2D eigenvalue weighted by atomic mass is 10.2. The van der Waals surface area contributed by atoms with Gasteiger partial charge in [0.1, 0.15) is 4.60 Å². The lowest BCUT2D eigenvalue weighted by molar-refractivity contribution is 0.355. The zero-order valence-electron chi connectivity index (χ0n) is 11.1. The van der Waals surface area contributed by atoms with E-state index in [4.69, 9.17) is 21.1 Å². The maximum absolute atomic E-state index is 6.21. The van der Waals surface area contributed by atoms with Crippen molar-refractivity contribution < 1.29 is 9.47 Å². The summed E-state index contributed by atoms with van der Waals surface area (Å²) in [6, 6.07) is 9.28. The second-order valence-electron chi connectivity index (χ2n) is 3.99. The van der Waals surface area contributed by atoms with E-state index >= 15 is 0 Å². The number of methoxy groups -OCH3 is 2. The number of aromatic nitrogens is 1. The molecule has 0 atom stereocenters. The van der Waals surface area contributed by atoms with E-state index in [2.05, 4.69) is 26.2 Å². The SMILES string of the molecule is COc1cc(Cl)c(NCc2cccc(Br)n2)cc1OC. The van der Waals surface area contributed by atoms with E-state index in [0.29, 0.717) is 23.1 Å². The van der Waals surface area contributed by atoms with Crippen LogP contribution in [0.4, 0.5) is 5.69 Å². The predicted octanol–water partition coefficient (Wildman–Crippen LogP) is 4.13. The first-order valence-electron chi connectivity index (χ1n) is 5.91. The molecule has 0 saturated carbocycles. The maximum atomic E-state index is 6.21. The molecule has 0 unspecified atom stereocenters. The van der Waals surface area contributed by atoms with Crippen molar-refractivity contribution >= 4 is 33.2 Å². The highest BCUT2D eigenvalue weighted by Crippen LogP contribution is 2.36. The maximum Gasteiger partial charge on any atom is 0.162 e. The third-order valence-corrected chi connectivity index (χ3v) is 3.46. The Hall–Kier alpha value is -1.46. The fourth-order valence-electron chi connectivity index (χ4n) is 1.72. The van der Waals surface area contributed by atoms with Gasteiger partial charge in [0.15, 0.2) is 11.5 Å². The van der Waals surface area contributed by atoms with E-state index in [1.165, 1.54) is 0 Å². The summed E-state index contributed by atoms with van der Waals surface area (Å²) >= 11 is 9.55. The molecule has 106 valence electrons. The van der Waals surface area contributed by atoms with Crippen molar-refractivity contribution in [3.8, 4) is 11.5 Å². The quantitative estimate of drug-likeness (QED) is 0.817. The summed E-state index contributed by atoms with van der Waals surface area (Å²) in [5.74, 6) is 1.23. The van der Waals surface area contributed by atoms with Gasteiger partial charge < -0.3 is 14.8 Å². The number of nitrogens with one attached hydrogen (secondary N) is 1. The fourth-order valence-corrected chi connectivity index (χ4v) is 2.33. The van der Waals surface area contributed by atoms with Crippen LogP contribution in [0.15, 0.2) is 34.9 Å². The van der Waals surface area contributed by atoms with E-state index in [0.717, 1.165) is 16.0 Å². The van der Waals surface area contributed by atoms with Crippen LogP contribution in [0, 0.1) is 0 Å². The number of hydrogen-bond donors (Lipinski definition) is 1. The van der Waals surface area contributed by atoms with Gasteiger partial charge in [-0.3, -0.25) is 0 Å². The molecule has 0 spiro atoms. The lowest BCUT2D eigenvalue weighted by Crippen LogP contribution is -2.03. The molecule has 0 aliphatic heterocycles. The molecule has 1 N–H and O–H groups in total. The lowest BCUT2D eigenvalue weighted by Gasteiger charge is -2.13. The number of ether oxygens (including phenoxy) is 2. The molecular formula is C14H14BrClN2O2. The van der Waals surface area contributed by atoms with Crippen LogP contribution in [0.25, 0.3) is 0 Å². The first-order valence-corrected chi connectivity index (χ1v) is 7.08. The van der Waals surface area contributed by atoms with E-state index < -0.39 is 0 Å². The van der Waals surface area contributed by atoms with Crippen LogP contribution < -0.4 is 14.8 Å². The Morgan fingerprint density at radius 1 is 1.20 bits per heavy atom. The van der Waals surface area contributed by atoms with Gasteiger partial charge in [-0.25, -0.2) is 4.98 Å². The van der Waals surface area contributed by atoms with Gasteiger partial charge >= 0.3 is 0 Å². The Labute approximate surface area is 131 Å². The highest BCUT2D eigenvalue weighted by atomic mass is 79.9. The number of benzene rings is 1. The van der Waals surface area contributed by atoms with Gasteiger partial charge in [-0.15, -0.1) is 0 Å². The van der Waals surface area contributed by atoms with Crippen molar-refractivity contribution in [1.82, 2.24) is 4.98 Å². The van der Waals surface area contributed by atoms with Crippen molar-refractivity contribution in [1.29, 1.82) is 0 Å². The molecule has 20 heavy (non-hydrogen) atoms. The van der Waals surface area contributed by atoms with Crippen LogP contribution in [0.5, 0.6) is 11.5 Å². The smallest absolute Gasteiger partial charge is 0.162 e. The normalized spacial score (nSPS) is 10.2. The molecule has 2 rings (SSSR count). The summed E-state index contributed by atoms with van der Waals surface area (Å²) in [6.07, 6.45) is 0. The third kappa shape index (κ3) is 3.55. The van der Waals surface area contributed by atoms with E-state index in [9.17, 15) is 0 Å². The first kappa shape index (κ1) is 14.9. The Balaban J connectivity index is 2.17. The van der Waals surface area contributed by atoms with Gasteiger partial charge in [0.25, 0.3) is 0 Å². The second-order valence-corrected chi connectivity index (χ2v) is 5.21. The number of nitrogens with zero attached hydrogens (tertiary/aromatic N) is 1. The van der Waals surface area contributed by atoms with E-state index in [1.807, 2.05) is 18.2 Å². The number of hydrogen-bond acceptors (Lipinski definition) is 4. The summed E-state index contributed by atoms with van der Waals surface area (Å²) in [5, 5.41) is 3.80. The number of pyridine rings is 1. The van der Waals surface area contributed by atoms with E-state index in [-0.39, 0.29) is 0 Å². The molecule has 4 nitrogen and oxygen atoms in total. The molecule has 0 radical (unpaired) electrons. The molecule has 0 bridgehead atoms. The zero-order valence-corrected chi connectivity index (χ0v) is 13.5. The topological polar surface area (TPSA) is 43.4 Å². The van der Waals surface area contributed by atoms with Gasteiger partial charge in [0.2, 0.25) is 0 Å². The van der Waals surface area contributed by atoms with Gasteiger partial charge in [0, 0.05) is 12.1 Å². The van der Waals surface area contributed by atoms with Crippen LogP contribution in [-0.2, 0) is 6.54 Å². The van der Waals surface area contributed by atoms with Crippen LogP contribution >= 0.6 is 27.5 Å². The van der Waals surface area contributed by atoms with Crippen molar-refractivity contribution in [2.24, 2.45) is 0 Å². The average Bonchev–Trinajstić information content (AvgIpc) is 2.45. The molecule has 2 aromatic rings. The second kappa shape index (κ2) is 6.81. The Bertz CT molecular complexity index is 608. The molecule has 6 heteroatoms. The molecule has 0 fully saturated rings. The standard InChI is InChI=1S/C14H14BrClN2O2/c1-19-12-6-10(16)11(7-13(12)20-2)17-8-9-4-3-5-14(15)18-9/h3-7,17H,8H2,1-2H3. The van der Waals surface area contributed by atoms with Gasteiger partial charge in [0.05, 0.1) is 37.2 Å². The minimum atomic E-state index is 0.564. The molecular weight excluding hydrogens is 344 g/mol. The predicted molar refractivity (Wildman–Crippen MR) is 83.8 cm³/mol. The summed E-state index contributed by atoms with van der Waals surface area (Å²) < 4.78 is 11.3. The van der Waals surface area contributed by atoms with Crippen molar-refractivity contribution in [3.63, 3.8) is 0 Å². The van der Waals surface area contributed by atoms with Crippen molar-refractivity contribution in [2.45, 2.75) is 6.54 Å². The Kier molecular flexibility index (Phi) is 5.09. The first-order chi connectivity index (χ1) is 9.63. The van der Waals surface area contributed by atoms with Gasteiger partial charge in [-0.1, -0.05) is 17.7 Å². The molecule has 0 amide bonds. The van der Waals surface area contributed by atoms with Crippen LogP contribution in [0.3, 0.4) is 0 Å². The Morgan fingerprint density at radius 2 is 1.90 bits per heavy atom. The number of rotatable bonds is 5. The monoisotopic (exact) mass is 356 g/mol. The minimum Gasteiger partial charge on any atom is -0.493 e. The summed E-state index contributed by atoms with van der Waals surface area (Å²) in [7, 11) is 3.16. The summed E-state index contributed by atoms with van der Waals surface area (Å²) in [4.78, 5) is 4.35. The van der Waals surface area contributed by atoms with Crippen molar-refractivity contribution in [3.05, 3.63) is 45.7 Å². The summed E-state index contributed by atoms with van der Waals surface area (Å²) in [6.45, 7) is 0.564. The highest BCUT2D eigenvalue weighted by molar-refractivity contribution is 9.10. The van der Waals surface area contributed by atoms with Crippen LogP contribution in [0.1, 0.15) is 5.69 Å². The average molecular weight is 358 g/mol. The minimum absolute atomic E-state index is 0.564.